The fraction of sp³-hybridized carbons (Fsp3) is 0.381. The number of hydrogen-bond donors (Lipinski definition) is 3. The molecular formula is C21H23F3N2O5S2. The van der Waals surface area contributed by atoms with Crippen LogP contribution in [0.1, 0.15) is 28.8 Å². The molecule has 33 heavy (non-hydrogen) atoms. The summed E-state index contributed by atoms with van der Waals surface area (Å²) in [5.41, 5.74) is 0.921. The van der Waals surface area contributed by atoms with Gasteiger partial charge in [0.2, 0.25) is 0 Å². The summed E-state index contributed by atoms with van der Waals surface area (Å²) in [5.74, 6) is -0.132. The zero-order valence-electron chi connectivity index (χ0n) is 17.4. The molecule has 1 atom stereocenters. The molecule has 2 aromatic carbocycles. The summed E-state index contributed by atoms with van der Waals surface area (Å²) >= 11 is 1.21. The molecule has 0 aromatic heterocycles. The Morgan fingerprint density at radius 2 is 1.85 bits per heavy atom. The molecule has 0 aliphatic carbocycles. The molecule has 12 heteroatoms. The van der Waals surface area contributed by atoms with Crippen molar-refractivity contribution in [3.8, 4) is 5.75 Å². The summed E-state index contributed by atoms with van der Waals surface area (Å²) in [5, 5.41) is 18.2. The number of aliphatic hydroxyl groups is 1. The van der Waals surface area contributed by atoms with Crippen LogP contribution in [0.4, 0.5) is 13.2 Å². The Hall–Kier alpha value is -2.12. The highest BCUT2D eigenvalue weighted by Gasteiger charge is 2.31. The van der Waals surface area contributed by atoms with Crippen LogP contribution in [-0.2, 0) is 17.2 Å². The maximum Gasteiger partial charge on any atom is 0.416 e. The monoisotopic (exact) mass is 504 g/mol. The van der Waals surface area contributed by atoms with E-state index in [1.54, 1.807) is 28.0 Å². The van der Waals surface area contributed by atoms with E-state index in [4.69, 9.17) is 15.1 Å². The molecule has 1 fully saturated rings. The van der Waals surface area contributed by atoms with Crippen molar-refractivity contribution in [2.75, 3.05) is 25.4 Å². The van der Waals surface area contributed by atoms with Crippen LogP contribution in [0, 0.1) is 0 Å². The standard InChI is InChI=1S/C21H23F3N2O5S2/c22-21(23,24)14-4-6-15(7-5-14)31-16-8-10-26(11-9-16)33(30)18-3-1-2-17(32-13-12-27)19(18)20(28)25-29/h1-7,16,27,29H,8-13H2,(H,25,28). The van der Waals surface area contributed by atoms with E-state index in [1.807, 2.05) is 0 Å². The summed E-state index contributed by atoms with van der Waals surface area (Å²) in [4.78, 5) is 13.0. The van der Waals surface area contributed by atoms with Gasteiger partial charge in [0.05, 0.1) is 22.6 Å². The number of thioether (sulfide) groups is 1. The van der Waals surface area contributed by atoms with Gasteiger partial charge in [-0.1, -0.05) is 6.07 Å². The Morgan fingerprint density at radius 3 is 2.42 bits per heavy atom. The van der Waals surface area contributed by atoms with Crippen LogP contribution in [-0.4, -0.2) is 56.3 Å². The summed E-state index contributed by atoms with van der Waals surface area (Å²) < 4.78 is 58.8. The lowest BCUT2D eigenvalue weighted by molar-refractivity contribution is -0.137. The van der Waals surface area contributed by atoms with Crippen LogP contribution in [0.5, 0.6) is 5.75 Å². The molecule has 1 unspecified atom stereocenters. The smallest absolute Gasteiger partial charge is 0.416 e. The molecule has 3 rings (SSSR count). The number of aliphatic hydroxyl groups excluding tert-OH is 1. The number of nitrogens with zero attached hydrogens (tertiary/aromatic N) is 1. The first-order valence-corrected chi connectivity index (χ1v) is 12.2. The Labute approximate surface area is 195 Å². The molecule has 1 saturated heterocycles. The van der Waals surface area contributed by atoms with E-state index in [0.717, 1.165) is 12.1 Å². The fourth-order valence-corrected chi connectivity index (χ4v) is 5.67. The van der Waals surface area contributed by atoms with Gasteiger partial charge in [0, 0.05) is 23.7 Å². The van der Waals surface area contributed by atoms with Gasteiger partial charge in [-0.25, -0.2) is 14.0 Å². The highest BCUT2D eigenvalue weighted by atomic mass is 32.2. The van der Waals surface area contributed by atoms with Gasteiger partial charge in [0.25, 0.3) is 5.91 Å². The number of ether oxygens (including phenoxy) is 1. The van der Waals surface area contributed by atoms with Gasteiger partial charge in [0.1, 0.15) is 22.8 Å². The Kier molecular flexibility index (Phi) is 8.76. The Bertz CT molecular complexity index is 981. The molecule has 0 spiro atoms. The number of hydrogen-bond acceptors (Lipinski definition) is 6. The highest BCUT2D eigenvalue weighted by Crippen LogP contribution is 2.32. The van der Waals surface area contributed by atoms with Gasteiger partial charge in [-0.2, -0.15) is 13.2 Å². The van der Waals surface area contributed by atoms with Crippen molar-refractivity contribution < 1.29 is 37.2 Å². The molecule has 180 valence electrons. The topological polar surface area (TPSA) is 99.1 Å². The predicted molar refractivity (Wildman–Crippen MR) is 117 cm³/mol. The van der Waals surface area contributed by atoms with Gasteiger partial charge in [-0.05, 0) is 49.2 Å². The number of carbonyl (C=O) groups is 1. The largest absolute Gasteiger partial charge is 0.490 e. The van der Waals surface area contributed by atoms with Crippen molar-refractivity contribution in [2.24, 2.45) is 0 Å². The molecule has 2 aromatic rings. The molecule has 0 saturated carbocycles. The minimum Gasteiger partial charge on any atom is -0.490 e. The summed E-state index contributed by atoms with van der Waals surface area (Å²) in [6.07, 6.45) is -3.67. The molecule has 0 bridgehead atoms. The van der Waals surface area contributed by atoms with Crippen LogP contribution in [0.25, 0.3) is 0 Å². The summed E-state index contributed by atoms with van der Waals surface area (Å²) in [6.45, 7) is 0.656. The van der Waals surface area contributed by atoms with Crippen molar-refractivity contribution in [3.05, 3.63) is 53.6 Å². The molecule has 1 amide bonds. The van der Waals surface area contributed by atoms with Crippen LogP contribution < -0.4 is 10.2 Å². The van der Waals surface area contributed by atoms with Crippen molar-refractivity contribution >= 4 is 28.7 Å². The minimum atomic E-state index is -4.41. The average Bonchev–Trinajstić information content (AvgIpc) is 2.81. The van der Waals surface area contributed by atoms with E-state index in [9.17, 15) is 22.2 Å². The third-order valence-corrected chi connectivity index (χ3v) is 7.56. The lowest BCUT2D eigenvalue weighted by Gasteiger charge is -2.31. The number of rotatable bonds is 8. The van der Waals surface area contributed by atoms with Crippen molar-refractivity contribution in [1.29, 1.82) is 0 Å². The van der Waals surface area contributed by atoms with Crippen LogP contribution in [0.2, 0.25) is 0 Å². The molecule has 7 nitrogen and oxygen atoms in total. The van der Waals surface area contributed by atoms with E-state index in [1.165, 1.54) is 23.9 Å². The first-order chi connectivity index (χ1) is 15.7. The van der Waals surface area contributed by atoms with Gasteiger partial charge in [-0.3, -0.25) is 10.0 Å². The van der Waals surface area contributed by atoms with Crippen molar-refractivity contribution in [3.63, 3.8) is 0 Å². The number of alkyl halides is 3. The molecule has 1 aliphatic heterocycles. The number of amides is 1. The highest BCUT2D eigenvalue weighted by molar-refractivity contribution is 7.99. The fourth-order valence-electron chi connectivity index (χ4n) is 3.38. The van der Waals surface area contributed by atoms with Gasteiger partial charge < -0.3 is 9.84 Å². The molecule has 3 N–H and O–H groups in total. The van der Waals surface area contributed by atoms with Crippen LogP contribution in [0.15, 0.2) is 52.3 Å². The lowest BCUT2D eigenvalue weighted by atomic mass is 10.1. The number of hydroxylamine groups is 1. The first-order valence-electron chi connectivity index (χ1n) is 10.1. The van der Waals surface area contributed by atoms with E-state index in [0.29, 0.717) is 42.3 Å². The van der Waals surface area contributed by atoms with Crippen LogP contribution >= 0.6 is 11.8 Å². The second kappa shape index (κ2) is 11.3. The predicted octanol–water partition coefficient (Wildman–Crippen LogP) is 3.47. The van der Waals surface area contributed by atoms with E-state index >= 15 is 0 Å². The summed E-state index contributed by atoms with van der Waals surface area (Å²) in [7, 11) is -1.69. The second-order valence-electron chi connectivity index (χ2n) is 7.16. The van der Waals surface area contributed by atoms with Gasteiger partial charge in [0.15, 0.2) is 0 Å². The Morgan fingerprint density at radius 1 is 1.18 bits per heavy atom. The van der Waals surface area contributed by atoms with Crippen molar-refractivity contribution in [2.45, 2.75) is 34.9 Å². The average molecular weight is 505 g/mol. The van der Waals surface area contributed by atoms with Gasteiger partial charge in [-0.15, -0.1) is 11.8 Å². The summed E-state index contributed by atoms with van der Waals surface area (Å²) in [6, 6.07) is 9.35. The molecule has 0 radical (unpaired) electrons. The van der Waals surface area contributed by atoms with E-state index in [-0.39, 0.29) is 23.2 Å². The van der Waals surface area contributed by atoms with E-state index in [2.05, 4.69) is 0 Å². The van der Waals surface area contributed by atoms with Crippen molar-refractivity contribution in [1.82, 2.24) is 9.79 Å². The zero-order chi connectivity index (χ0) is 24.0. The third kappa shape index (κ3) is 6.48. The number of carbonyl (C=O) groups excluding carboxylic acids is 1. The first kappa shape index (κ1) is 25.5. The molecule has 1 aliphatic rings. The second-order valence-corrected chi connectivity index (χ2v) is 9.75. The number of halogens is 3. The normalized spacial score (nSPS) is 16.4. The molecule has 1 heterocycles. The maximum atomic E-state index is 13.2. The van der Waals surface area contributed by atoms with Gasteiger partial charge >= 0.3 is 6.18 Å². The number of benzene rings is 2. The quantitative estimate of drug-likeness (QED) is 0.289. The Balaban J connectivity index is 1.66. The third-order valence-electron chi connectivity index (χ3n) is 4.97. The number of piperidine rings is 1. The molecular weight excluding hydrogens is 481 g/mol. The number of nitrogens with one attached hydrogen (secondary N) is 1. The lowest BCUT2D eigenvalue weighted by Crippen LogP contribution is -2.39. The minimum absolute atomic E-state index is 0.0833. The van der Waals surface area contributed by atoms with Crippen LogP contribution in [0.3, 0.4) is 0 Å². The zero-order valence-corrected chi connectivity index (χ0v) is 19.0. The maximum absolute atomic E-state index is 13.2. The SMILES string of the molecule is O=C(NO)c1c(SCCO)cccc1S(=O)N1CCC(Oc2ccc(C(F)(F)F)cc2)CC1. The van der Waals surface area contributed by atoms with E-state index < -0.39 is 28.6 Å².